The number of aliphatic hydroxyl groups excluding tert-OH is 2. The zero-order chi connectivity index (χ0) is 19.1. The highest BCUT2D eigenvalue weighted by molar-refractivity contribution is 5.76. The Hall–Kier alpha value is -2.03. The predicted molar refractivity (Wildman–Crippen MR) is 93.8 cm³/mol. The molecule has 0 unspecified atom stereocenters. The standard InChI is InChI=1S/C18H27NO7/c1-23-13-8-11(9-14(24-2)18(13)25-3)4-5-16(21)19-12-6-7-26-15(10-20)17(12)22/h8-9,12,15,17,20,22H,4-7,10H2,1-3H3,(H,19,21)/t12-,15+,17-/m0/s1. The van der Waals surface area contributed by atoms with Gasteiger partial charge in [-0.3, -0.25) is 4.79 Å². The number of carbonyl (C=O) groups is 1. The number of aliphatic hydroxyl groups is 2. The van der Waals surface area contributed by atoms with Crippen LogP contribution in [-0.4, -0.2) is 68.9 Å². The number of nitrogens with one attached hydrogen (secondary N) is 1. The molecule has 0 spiro atoms. The molecule has 26 heavy (non-hydrogen) atoms. The van der Waals surface area contributed by atoms with E-state index in [2.05, 4.69) is 5.32 Å². The van der Waals surface area contributed by atoms with E-state index in [1.165, 1.54) is 21.3 Å². The summed E-state index contributed by atoms with van der Waals surface area (Å²) in [6.07, 6.45) is -0.353. The highest BCUT2D eigenvalue weighted by Crippen LogP contribution is 2.38. The van der Waals surface area contributed by atoms with Crippen LogP contribution in [0.3, 0.4) is 0 Å². The Bertz CT molecular complexity index is 582. The molecule has 0 radical (unpaired) electrons. The lowest BCUT2D eigenvalue weighted by atomic mass is 9.99. The number of methoxy groups -OCH3 is 3. The van der Waals surface area contributed by atoms with Crippen molar-refractivity contribution >= 4 is 5.91 Å². The van der Waals surface area contributed by atoms with Gasteiger partial charge in [0.05, 0.1) is 34.0 Å². The van der Waals surface area contributed by atoms with Crippen LogP contribution in [0.4, 0.5) is 0 Å². The molecule has 1 amide bonds. The van der Waals surface area contributed by atoms with Gasteiger partial charge in [0.2, 0.25) is 11.7 Å². The maximum absolute atomic E-state index is 12.2. The summed E-state index contributed by atoms with van der Waals surface area (Å²) in [7, 11) is 4.61. The quantitative estimate of drug-likeness (QED) is 0.604. The van der Waals surface area contributed by atoms with Gasteiger partial charge in [0.1, 0.15) is 12.2 Å². The average Bonchev–Trinajstić information content (AvgIpc) is 2.66. The van der Waals surface area contributed by atoms with Crippen molar-refractivity contribution in [1.29, 1.82) is 0 Å². The van der Waals surface area contributed by atoms with Gasteiger partial charge in [-0.05, 0) is 30.5 Å². The predicted octanol–water partition coefficient (Wildman–Crippen LogP) is 0.272. The Balaban J connectivity index is 1.96. The molecule has 3 atom stereocenters. The molecule has 1 aliphatic rings. The van der Waals surface area contributed by atoms with Crippen molar-refractivity contribution in [3.63, 3.8) is 0 Å². The number of hydrogen-bond donors (Lipinski definition) is 3. The molecule has 0 aromatic heterocycles. The second kappa shape index (κ2) is 9.61. The van der Waals surface area contributed by atoms with Crippen LogP contribution in [0.2, 0.25) is 0 Å². The maximum atomic E-state index is 12.2. The van der Waals surface area contributed by atoms with Gasteiger partial charge < -0.3 is 34.5 Å². The summed E-state index contributed by atoms with van der Waals surface area (Å²) in [4.78, 5) is 12.2. The molecule has 1 aromatic rings. The lowest BCUT2D eigenvalue weighted by Gasteiger charge is -2.34. The third-order valence-electron chi connectivity index (χ3n) is 4.45. The smallest absolute Gasteiger partial charge is 0.220 e. The van der Waals surface area contributed by atoms with Crippen molar-refractivity contribution in [2.75, 3.05) is 34.5 Å². The maximum Gasteiger partial charge on any atom is 0.220 e. The second-order valence-electron chi connectivity index (χ2n) is 6.08. The fourth-order valence-corrected chi connectivity index (χ4v) is 3.01. The minimum atomic E-state index is -0.918. The van der Waals surface area contributed by atoms with Crippen LogP contribution in [0.15, 0.2) is 12.1 Å². The summed E-state index contributed by atoms with van der Waals surface area (Å²) in [6.45, 7) is 0.110. The molecule has 3 N–H and O–H groups in total. The summed E-state index contributed by atoms with van der Waals surface area (Å²) in [6, 6.07) is 3.19. The van der Waals surface area contributed by atoms with Crippen molar-refractivity contribution in [3.05, 3.63) is 17.7 Å². The average molecular weight is 369 g/mol. The molecule has 8 heteroatoms. The van der Waals surface area contributed by atoms with Crippen LogP contribution in [0, 0.1) is 0 Å². The van der Waals surface area contributed by atoms with Crippen LogP contribution in [0.25, 0.3) is 0 Å². The first-order chi connectivity index (χ1) is 12.5. The van der Waals surface area contributed by atoms with Crippen LogP contribution < -0.4 is 19.5 Å². The van der Waals surface area contributed by atoms with Gasteiger partial charge in [-0.15, -0.1) is 0 Å². The van der Waals surface area contributed by atoms with Gasteiger partial charge in [-0.25, -0.2) is 0 Å². The summed E-state index contributed by atoms with van der Waals surface area (Å²) in [5.41, 5.74) is 0.871. The Labute approximate surface area is 153 Å². The summed E-state index contributed by atoms with van der Waals surface area (Å²) in [5.74, 6) is 1.39. The largest absolute Gasteiger partial charge is 0.493 e. The van der Waals surface area contributed by atoms with E-state index in [1.807, 2.05) is 0 Å². The third-order valence-corrected chi connectivity index (χ3v) is 4.45. The van der Waals surface area contributed by atoms with Gasteiger partial charge in [0, 0.05) is 13.0 Å². The van der Waals surface area contributed by atoms with Gasteiger partial charge in [-0.1, -0.05) is 0 Å². The Morgan fingerprint density at radius 2 is 1.88 bits per heavy atom. The third kappa shape index (κ3) is 4.78. The zero-order valence-corrected chi connectivity index (χ0v) is 15.4. The first-order valence-corrected chi connectivity index (χ1v) is 8.52. The van der Waals surface area contributed by atoms with Gasteiger partial charge >= 0.3 is 0 Å². The summed E-state index contributed by atoms with van der Waals surface area (Å²) < 4.78 is 21.2. The minimum absolute atomic E-state index is 0.179. The van der Waals surface area contributed by atoms with Crippen molar-refractivity contribution < 1.29 is 34.0 Å². The number of hydrogen-bond acceptors (Lipinski definition) is 7. The molecule has 0 aliphatic carbocycles. The van der Waals surface area contributed by atoms with Crippen LogP contribution in [0.1, 0.15) is 18.4 Å². The van der Waals surface area contributed by atoms with Crippen LogP contribution >= 0.6 is 0 Å². The number of carbonyl (C=O) groups excluding carboxylic acids is 1. The molecule has 146 valence electrons. The molecule has 0 saturated carbocycles. The van der Waals surface area contributed by atoms with Crippen LogP contribution in [-0.2, 0) is 16.0 Å². The van der Waals surface area contributed by atoms with Gasteiger partial charge in [0.15, 0.2) is 11.5 Å². The number of benzene rings is 1. The fourth-order valence-electron chi connectivity index (χ4n) is 3.01. The zero-order valence-electron chi connectivity index (χ0n) is 15.4. The van der Waals surface area contributed by atoms with Crippen molar-refractivity contribution in [3.8, 4) is 17.2 Å². The Kier molecular flexibility index (Phi) is 7.50. The summed E-state index contributed by atoms with van der Waals surface area (Å²) >= 11 is 0. The second-order valence-corrected chi connectivity index (χ2v) is 6.08. The fraction of sp³-hybridized carbons (Fsp3) is 0.611. The van der Waals surface area contributed by atoms with E-state index >= 15 is 0 Å². The van der Waals surface area contributed by atoms with E-state index in [1.54, 1.807) is 12.1 Å². The van der Waals surface area contributed by atoms with E-state index < -0.39 is 18.2 Å². The van der Waals surface area contributed by atoms with E-state index in [0.29, 0.717) is 36.7 Å². The van der Waals surface area contributed by atoms with Gasteiger partial charge in [0.25, 0.3) is 0 Å². The Morgan fingerprint density at radius 1 is 1.23 bits per heavy atom. The topological polar surface area (TPSA) is 106 Å². The molecule has 1 saturated heterocycles. The monoisotopic (exact) mass is 369 g/mol. The molecular formula is C18H27NO7. The highest BCUT2D eigenvalue weighted by atomic mass is 16.5. The van der Waals surface area contributed by atoms with E-state index in [-0.39, 0.29) is 18.9 Å². The molecular weight excluding hydrogens is 342 g/mol. The number of aryl methyl sites for hydroxylation is 1. The number of ether oxygens (including phenoxy) is 4. The first kappa shape index (κ1) is 20.3. The van der Waals surface area contributed by atoms with Crippen molar-refractivity contribution in [1.82, 2.24) is 5.32 Å². The number of amides is 1. The van der Waals surface area contributed by atoms with Crippen molar-refractivity contribution in [2.45, 2.75) is 37.5 Å². The molecule has 1 aromatic carbocycles. The lowest BCUT2D eigenvalue weighted by molar-refractivity contribution is -0.131. The molecule has 1 heterocycles. The Morgan fingerprint density at radius 3 is 2.42 bits per heavy atom. The highest BCUT2D eigenvalue weighted by Gasteiger charge is 2.33. The van der Waals surface area contributed by atoms with Gasteiger partial charge in [-0.2, -0.15) is 0 Å². The minimum Gasteiger partial charge on any atom is -0.493 e. The first-order valence-electron chi connectivity index (χ1n) is 8.52. The number of rotatable bonds is 8. The van der Waals surface area contributed by atoms with Crippen molar-refractivity contribution in [2.24, 2.45) is 0 Å². The molecule has 1 fully saturated rings. The molecule has 1 aliphatic heterocycles. The lowest BCUT2D eigenvalue weighted by Crippen LogP contribution is -2.54. The molecule has 0 bridgehead atoms. The molecule has 8 nitrogen and oxygen atoms in total. The molecule has 2 rings (SSSR count). The van der Waals surface area contributed by atoms with Crippen LogP contribution in [0.5, 0.6) is 17.2 Å². The van der Waals surface area contributed by atoms with E-state index in [0.717, 1.165) is 5.56 Å². The summed E-state index contributed by atoms with van der Waals surface area (Å²) in [5, 5.41) is 22.1. The van der Waals surface area contributed by atoms with E-state index in [9.17, 15) is 15.0 Å². The van der Waals surface area contributed by atoms with E-state index in [4.69, 9.17) is 18.9 Å². The normalized spacial score (nSPS) is 22.6. The SMILES string of the molecule is COc1cc(CCC(=O)N[C@H]2CCO[C@H](CO)[C@H]2O)cc(OC)c1OC.